The van der Waals surface area contributed by atoms with E-state index in [4.69, 9.17) is 4.74 Å². The number of ether oxygens (including phenoxy) is 2. The first-order chi connectivity index (χ1) is 14.0. The smallest absolute Gasteiger partial charge is 0.305 e. The van der Waals surface area contributed by atoms with E-state index in [0.717, 1.165) is 6.42 Å². The summed E-state index contributed by atoms with van der Waals surface area (Å²) in [5, 5.41) is 30.8. The van der Waals surface area contributed by atoms with Crippen molar-refractivity contribution >= 4 is 5.97 Å². The molecular formula is C23H34O6. The minimum absolute atomic E-state index is 0.108. The molecule has 1 aromatic carbocycles. The molecule has 3 N–H and O–H groups in total. The normalized spacial score (nSPS) is 25.4. The lowest BCUT2D eigenvalue weighted by atomic mass is 9.90. The van der Waals surface area contributed by atoms with Crippen LogP contribution in [0.2, 0.25) is 0 Å². The fraction of sp³-hybridized carbons (Fsp3) is 0.609. The molecule has 0 radical (unpaired) electrons. The lowest BCUT2D eigenvalue weighted by molar-refractivity contribution is -0.141. The van der Waals surface area contributed by atoms with Crippen molar-refractivity contribution in [1.29, 1.82) is 0 Å². The molecule has 29 heavy (non-hydrogen) atoms. The molecule has 1 aliphatic rings. The van der Waals surface area contributed by atoms with Crippen LogP contribution in [0.5, 0.6) is 0 Å². The van der Waals surface area contributed by atoms with Crippen LogP contribution >= 0.6 is 0 Å². The fourth-order valence-corrected chi connectivity index (χ4v) is 3.83. The van der Waals surface area contributed by atoms with E-state index in [1.807, 2.05) is 36.4 Å². The molecule has 0 aliphatic heterocycles. The topological polar surface area (TPSA) is 96.2 Å². The van der Waals surface area contributed by atoms with E-state index in [-0.39, 0.29) is 17.8 Å². The van der Waals surface area contributed by atoms with Crippen LogP contribution in [0.3, 0.4) is 0 Å². The predicted octanol–water partition coefficient (Wildman–Crippen LogP) is 2.25. The number of carbonyl (C=O) groups is 1. The van der Waals surface area contributed by atoms with Crippen molar-refractivity contribution in [1.82, 2.24) is 0 Å². The summed E-state index contributed by atoms with van der Waals surface area (Å²) in [5.74, 6) is -0.558. The summed E-state index contributed by atoms with van der Waals surface area (Å²) in [5.41, 5.74) is 1.18. The predicted molar refractivity (Wildman–Crippen MR) is 110 cm³/mol. The standard InChI is InChI=1S/C23H34O6/c1-28-23(27)8-5-14-29-15-13-20-19(21(25)16-22(20)26)12-11-18(24)10-9-17-6-3-2-4-7-17/h2-4,6-7,11-12,18-22,24-26H,5,8-10,13-16H2,1H3/b12-11+/t18?,19-,20-,21-,22+/m1/s1. The van der Waals surface area contributed by atoms with Gasteiger partial charge in [-0.2, -0.15) is 0 Å². The van der Waals surface area contributed by atoms with Crippen molar-refractivity contribution in [3.05, 3.63) is 48.0 Å². The van der Waals surface area contributed by atoms with E-state index < -0.39 is 18.3 Å². The number of hydrogen-bond donors (Lipinski definition) is 3. The second-order valence-electron chi connectivity index (χ2n) is 7.67. The van der Waals surface area contributed by atoms with Gasteiger partial charge in [-0.25, -0.2) is 0 Å². The van der Waals surface area contributed by atoms with Crippen molar-refractivity contribution < 1.29 is 29.6 Å². The first kappa shape index (κ1) is 23.5. The highest BCUT2D eigenvalue weighted by atomic mass is 16.5. The molecule has 2 rings (SSSR count). The van der Waals surface area contributed by atoms with Crippen LogP contribution in [0.1, 0.15) is 37.7 Å². The van der Waals surface area contributed by atoms with E-state index in [1.54, 1.807) is 6.08 Å². The van der Waals surface area contributed by atoms with Crippen LogP contribution in [0.25, 0.3) is 0 Å². The number of methoxy groups -OCH3 is 1. The summed E-state index contributed by atoms with van der Waals surface area (Å²) in [6.07, 6.45) is 5.06. The Kier molecular flexibility index (Phi) is 10.4. The Labute approximate surface area is 173 Å². The number of aliphatic hydroxyl groups is 3. The van der Waals surface area contributed by atoms with Crippen molar-refractivity contribution in [3.63, 3.8) is 0 Å². The molecule has 5 atom stereocenters. The average Bonchev–Trinajstić information content (AvgIpc) is 3.00. The summed E-state index contributed by atoms with van der Waals surface area (Å²) in [4.78, 5) is 11.1. The van der Waals surface area contributed by atoms with Gasteiger partial charge in [0.1, 0.15) is 0 Å². The first-order valence-electron chi connectivity index (χ1n) is 10.4. The van der Waals surface area contributed by atoms with Gasteiger partial charge in [-0.05, 0) is 37.2 Å². The number of rotatable bonds is 12. The van der Waals surface area contributed by atoms with E-state index in [0.29, 0.717) is 45.3 Å². The van der Waals surface area contributed by atoms with E-state index in [1.165, 1.54) is 12.7 Å². The lowest BCUT2D eigenvalue weighted by Crippen LogP contribution is -2.22. The van der Waals surface area contributed by atoms with Gasteiger partial charge in [-0.15, -0.1) is 0 Å². The molecule has 1 fully saturated rings. The van der Waals surface area contributed by atoms with E-state index in [2.05, 4.69) is 4.74 Å². The first-order valence-corrected chi connectivity index (χ1v) is 10.4. The van der Waals surface area contributed by atoms with Gasteiger partial charge >= 0.3 is 5.97 Å². The Morgan fingerprint density at radius 1 is 1.21 bits per heavy atom. The highest BCUT2D eigenvalue weighted by Crippen LogP contribution is 2.36. The van der Waals surface area contributed by atoms with Crippen LogP contribution in [-0.4, -0.2) is 59.9 Å². The zero-order valence-corrected chi connectivity index (χ0v) is 17.2. The largest absolute Gasteiger partial charge is 0.469 e. The molecule has 1 unspecified atom stereocenters. The van der Waals surface area contributed by atoms with Crippen LogP contribution in [-0.2, 0) is 20.7 Å². The Hall–Kier alpha value is -1.73. The number of carbonyl (C=O) groups excluding carboxylic acids is 1. The third-order valence-electron chi connectivity index (χ3n) is 5.54. The number of aryl methyl sites for hydroxylation is 1. The second kappa shape index (κ2) is 12.8. The van der Waals surface area contributed by atoms with Gasteiger partial charge in [-0.1, -0.05) is 42.5 Å². The monoisotopic (exact) mass is 406 g/mol. The van der Waals surface area contributed by atoms with Crippen molar-refractivity contribution in [3.8, 4) is 0 Å². The maximum Gasteiger partial charge on any atom is 0.305 e. The maximum absolute atomic E-state index is 11.1. The molecule has 1 aliphatic carbocycles. The number of esters is 1. The Bertz CT molecular complexity index is 617. The zero-order chi connectivity index (χ0) is 21.1. The molecule has 0 aromatic heterocycles. The molecule has 6 nitrogen and oxygen atoms in total. The van der Waals surface area contributed by atoms with Crippen molar-refractivity contribution in [2.75, 3.05) is 20.3 Å². The molecule has 0 saturated heterocycles. The molecule has 0 bridgehead atoms. The van der Waals surface area contributed by atoms with Crippen LogP contribution in [0, 0.1) is 11.8 Å². The van der Waals surface area contributed by atoms with Gasteiger partial charge in [0.05, 0.1) is 25.4 Å². The van der Waals surface area contributed by atoms with E-state index >= 15 is 0 Å². The van der Waals surface area contributed by atoms with Crippen LogP contribution in [0.4, 0.5) is 0 Å². The SMILES string of the molecule is COC(=O)CCCOCC[C@@H]1[C@@H](/C=C/C(O)CCc2ccccc2)[C@H](O)C[C@@H]1O. The van der Waals surface area contributed by atoms with Gasteiger partial charge in [0, 0.05) is 32.0 Å². The molecule has 0 amide bonds. The highest BCUT2D eigenvalue weighted by Gasteiger charge is 2.39. The molecule has 1 saturated carbocycles. The summed E-state index contributed by atoms with van der Waals surface area (Å²) in [6.45, 7) is 0.912. The molecule has 162 valence electrons. The fourth-order valence-electron chi connectivity index (χ4n) is 3.83. The third kappa shape index (κ3) is 8.26. The Morgan fingerprint density at radius 2 is 1.97 bits per heavy atom. The second-order valence-corrected chi connectivity index (χ2v) is 7.67. The van der Waals surface area contributed by atoms with E-state index in [9.17, 15) is 20.1 Å². The molecule has 1 aromatic rings. The number of hydrogen-bond acceptors (Lipinski definition) is 6. The number of benzene rings is 1. The molecule has 0 heterocycles. The van der Waals surface area contributed by atoms with Gasteiger partial charge in [-0.3, -0.25) is 4.79 Å². The van der Waals surface area contributed by atoms with Gasteiger partial charge < -0.3 is 24.8 Å². The van der Waals surface area contributed by atoms with Crippen LogP contribution < -0.4 is 0 Å². The molecular weight excluding hydrogens is 372 g/mol. The van der Waals surface area contributed by atoms with Gasteiger partial charge in [0.2, 0.25) is 0 Å². The Balaban J connectivity index is 1.74. The quantitative estimate of drug-likeness (QED) is 0.280. The lowest BCUT2D eigenvalue weighted by Gasteiger charge is -2.21. The molecule has 6 heteroatoms. The summed E-state index contributed by atoms with van der Waals surface area (Å²) < 4.78 is 10.1. The Morgan fingerprint density at radius 3 is 2.69 bits per heavy atom. The summed E-state index contributed by atoms with van der Waals surface area (Å²) >= 11 is 0. The van der Waals surface area contributed by atoms with Crippen molar-refractivity contribution in [2.45, 2.75) is 56.8 Å². The minimum Gasteiger partial charge on any atom is -0.469 e. The number of aliphatic hydroxyl groups excluding tert-OH is 3. The van der Waals surface area contributed by atoms with Crippen molar-refractivity contribution in [2.24, 2.45) is 11.8 Å². The average molecular weight is 407 g/mol. The minimum atomic E-state index is -0.619. The summed E-state index contributed by atoms with van der Waals surface area (Å²) in [7, 11) is 1.36. The summed E-state index contributed by atoms with van der Waals surface area (Å²) in [6, 6.07) is 10.0. The highest BCUT2D eigenvalue weighted by molar-refractivity contribution is 5.68. The molecule has 0 spiro atoms. The van der Waals surface area contributed by atoms with Gasteiger partial charge in [0.25, 0.3) is 0 Å². The van der Waals surface area contributed by atoms with Crippen LogP contribution in [0.15, 0.2) is 42.5 Å². The van der Waals surface area contributed by atoms with Gasteiger partial charge in [0.15, 0.2) is 0 Å². The third-order valence-corrected chi connectivity index (χ3v) is 5.54. The zero-order valence-electron chi connectivity index (χ0n) is 17.2. The maximum atomic E-state index is 11.1.